The number of carbonyl (C=O) groups is 2. The zero-order valence-electron chi connectivity index (χ0n) is 11.6. The molecule has 1 fully saturated rings. The molecule has 1 saturated heterocycles. The first-order valence-corrected chi connectivity index (χ1v) is 6.46. The van der Waals surface area contributed by atoms with Gasteiger partial charge in [-0.2, -0.15) is 0 Å². The van der Waals surface area contributed by atoms with Gasteiger partial charge in [0.1, 0.15) is 5.92 Å². The molecule has 0 amide bonds. The predicted octanol–water partition coefficient (Wildman–Crippen LogP) is 1.87. The fraction of sp³-hybridized carbons (Fsp3) is 0.467. The van der Waals surface area contributed by atoms with E-state index in [9.17, 15) is 9.59 Å². The van der Waals surface area contributed by atoms with Crippen molar-refractivity contribution in [2.24, 2.45) is 5.92 Å². The highest BCUT2D eigenvalue weighted by molar-refractivity contribution is 6.00. The number of esters is 1. The van der Waals surface area contributed by atoms with Crippen molar-refractivity contribution >= 4 is 17.4 Å². The van der Waals surface area contributed by atoms with E-state index in [1.165, 1.54) is 7.11 Å². The lowest BCUT2D eigenvalue weighted by Gasteiger charge is -2.34. The molecular formula is C15H19NO3. The summed E-state index contributed by atoms with van der Waals surface area (Å²) in [4.78, 5) is 25.6. The van der Waals surface area contributed by atoms with Crippen LogP contribution in [0.3, 0.4) is 0 Å². The molecule has 1 heterocycles. The average Bonchev–Trinajstić information content (AvgIpc) is 2.39. The van der Waals surface area contributed by atoms with Crippen molar-refractivity contribution in [3.8, 4) is 0 Å². The molecular weight excluding hydrogens is 242 g/mol. The van der Waals surface area contributed by atoms with E-state index in [1.54, 1.807) is 0 Å². The van der Waals surface area contributed by atoms with Gasteiger partial charge < -0.3 is 9.64 Å². The van der Waals surface area contributed by atoms with Gasteiger partial charge in [-0.15, -0.1) is 0 Å². The Labute approximate surface area is 113 Å². The Morgan fingerprint density at radius 2 is 1.95 bits per heavy atom. The minimum Gasteiger partial charge on any atom is -0.468 e. The Hall–Kier alpha value is -1.84. The summed E-state index contributed by atoms with van der Waals surface area (Å²) in [5.41, 5.74) is 3.46. The largest absolute Gasteiger partial charge is 0.468 e. The van der Waals surface area contributed by atoms with Crippen molar-refractivity contribution in [1.82, 2.24) is 0 Å². The molecule has 1 aromatic carbocycles. The molecule has 4 heteroatoms. The second kappa shape index (κ2) is 5.43. The van der Waals surface area contributed by atoms with Crippen LogP contribution in [-0.4, -0.2) is 32.0 Å². The van der Waals surface area contributed by atoms with E-state index in [1.807, 2.05) is 32.0 Å². The Balaban J connectivity index is 2.27. The Kier molecular flexibility index (Phi) is 3.88. The number of methoxy groups -OCH3 is 1. The summed E-state index contributed by atoms with van der Waals surface area (Å²) >= 11 is 0. The number of Topliss-reactive ketones (excluding diaryl/α,β-unsaturated/α-hetero) is 1. The number of hydrogen-bond acceptors (Lipinski definition) is 4. The van der Waals surface area contributed by atoms with Crippen LogP contribution >= 0.6 is 0 Å². The normalized spacial score (nSPS) is 19.4. The highest BCUT2D eigenvalue weighted by atomic mass is 16.5. The van der Waals surface area contributed by atoms with Crippen molar-refractivity contribution < 1.29 is 14.3 Å². The molecule has 102 valence electrons. The van der Waals surface area contributed by atoms with Crippen molar-refractivity contribution in [2.45, 2.75) is 20.3 Å². The number of hydrogen-bond donors (Lipinski definition) is 0. The van der Waals surface area contributed by atoms with Gasteiger partial charge in [-0.1, -0.05) is 18.2 Å². The van der Waals surface area contributed by atoms with Gasteiger partial charge in [0.2, 0.25) is 0 Å². The summed E-state index contributed by atoms with van der Waals surface area (Å²) in [5.74, 6) is -1.10. The van der Waals surface area contributed by atoms with Gasteiger partial charge in [0.05, 0.1) is 7.11 Å². The topological polar surface area (TPSA) is 46.6 Å². The monoisotopic (exact) mass is 261 g/mol. The van der Waals surface area contributed by atoms with Crippen LogP contribution in [0.1, 0.15) is 17.5 Å². The van der Waals surface area contributed by atoms with Gasteiger partial charge in [-0.05, 0) is 25.0 Å². The average molecular weight is 261 g/mol. The van der Waals surface area contributed by atoms with E-state index in [-0.39, 0.29) is 5.78 Å². The van der Waals surface area contributed by atoms with Crippen LogP contribution < -0.4 is 4.90 Å². The molecule has 0 bridgehead atoms. The van der Waals surface area contributed by atoms with Crippen LogP contribution in [0.25, 0.3) is 0 Å². The van der Waals surface area contributed by atoms with Crippen molar-refractivity contribution in [3.05, 3.63) is 29.3 Å². The summed E-state index contributed by atoms with van der Waals surface area (Å²) in [6.07, 6.45) is 0.396. The Bertz CT molecular complexity index is 482. The smallest absolute Gasteiger partial charge is 0.318 e. The van der Waals surface area contributed by atoms with E-state index in [0.29, 0.717) is 19.5 Å². The second-order valence-corrected chi connectivity index (χ2v) is 4.98. The Morgan fingerprint density at radius 1 is 1.32 bits per heavy atom. The minimum absolute atomic E-state index is 0.0191. The lowest BCUT2D eigenvalue weighted by molar-refractivity contribution is -0.149. The summed E-state index contributed by atoms with van der Waals surface area (Å²) in [5, 5.41) is 0. The molecule has 1 unspecified atom stereocenters. The molecule has 0 N–H and O–H groups in total. The molecule has 1 aliphatic rings. The molecule has 0 saturated carbocycles. The zero-order valence-corrected chi connectivity index (χ0v) is 11.6. The quantitative estimate of drug-likeness (QED) is 0.602. The molecule has 19 heavy (non-hydrogen) atoms. The van der Waals surface area contributed by atoms with Crippen LogP contribution in [0.4, 0.5) is 5.69 Å². The van der Waals surface area contributed by atoms with Gasteiger partial charge in [0.25, 0.3) is 0 Å². The standard InChI is InChI=1S/C15H19NO3/c1-10-5-4-6-11(2)14(10)16-8-7-13(17)12(9-16)15(18)19-3/h4-6,12H,7-9H2,1-3H3. The number of nitrogens with zero attached hydrogens (tertiary/aromatic N) is 1. The first kappa shape index (κ1) is 13.6. The molecule has 2 rings (SSSR count). The highest BCUT2D eigenvalue weighted by Gasteiger charge is 2.34. The maximum absolute atomic E-state index is 11.8. The summed E-state index contributed by atoms with van der Waals surface area (Å²) < 4.78 is 4.72. The van der Waals surface area contributed by atoms with Crippen LogP contribution in [-0.2, 0) is 14.3 Å². The number of para-hydroxylation sites is 1. The molecule has 1 atom stereocenters. The lowest BCUT2D eigenvalue weighted by Crippen LogP contribution is -2.45. The lowest BCUT2D eigenvalue weighted by atomic mass is 9.95. The van der Waals surface area contributed by atoms with Gasteiger partial charge in [0.15, 0.2) is 5.78 Å². The third-order valence-electron chi connectivity index (χ3n) is 3.66. The maximum atomic E-state index is 11.8. The van der Waals surface area contributed by atoms with E-state index in [4.69, 9.17) is 4.74 Å². The minimum atomic E-state index is -0.655. The van der Waals surface area contributed by atoms with E-state index in [2.05, 4.69) is 4.90 Å². The fourth-order valence-corrected chi connectivity index (χ4v) is 2.69. The summed E-state index contributed by atoms with van der Waals surface area (Å²) in [6, 6.07) is 6.11. The number of aryl methyl sites for hydroxylation is 2. The number of ether oxygens (including phenoxy) is 1. The number of carbonyl (C=O) groups excluding carboxylic acids is 2. The molecule has 0 radical (unpaired) electrons. The van der Waals surface area contributed by atoms with E-state index < -0.39 is 11.9 Å². The van der Waals surface area contributed by atoms with Crippen LogP contribution in [0, 0.1) is 19.8 Å². The molecule has 1 aliphatic heterocycles. The maximum Gasteiger partial charge on any atom is 0.318 e. The molecule has 0 spiro atoms. The molecule has 0 aromatic heterocycles. The third-order valence-corrected chi connectivity index (χ3v) is 3.66. The zero-order chi connectivity index (χ0) is 14.0. The number of anilines is 1. The second-order valence-electron chi connectivity index (χ2n) is 4.98. The number of piperidine rings is 1. The highest BCUT2D eigenvalue weighted by Crippen LogP contribution is 2.28. The first-order chi connectivity index (χ1) is 9.04. The molecule has 4 nitrogen and oxygen atoms in total. The number of rotatable bonds is 2. The van der Waals surface area contributed by atoms with E-state index >= 15 is 0 Å². The van der Waals surface area contributed by atoms with Crippen molar-refractivity contribution in [2.75, 3.05) is 25.1 Å². The molecule has 0 aliphatic carbocycles. The van der Waals surface area contributed by atoms with Gasteiger partial charge in [0, 0.05) is 25.2 Å². The third kappa shape index (κ3) is 2.62. The summed E-state index contributed by atoms with van der Waals surface area (Å²) in [6.45, 7) is 5.17. The fourth-order valence-electron chi connectivity index (χ4n) is 2.69. The van der Waals surface area contributed by atoms with Crippen LogP contribution in [0.15, 0.2) is 18.2 Å². The van der Waals surface area contributed by atoms with Gasteiger partial charge in [-0.3, -0.25) is 9.59 Å². The number of benzene rings is 1. The summed E-state index contributed by atoms with van der Waals surface area (Å²) in [7, 11) is 1.33. The van der Waals surface area contributed by atoms with Crippen molar-refractivity contribution in [1.29, 1.82) is 0 Å². The van der Waals surface area contributed by atoms with Crippen LogP contribution in [0.2, 0.25) is 0 Å². The first-order valence-electron chi connectivity index (χ1n) is 6.46. The van der Waals surface area contributed by atoms with Crippen molar-refractivity contribution in [3.63, 3.8) is 0 Å². The van der Waals surface area contributed by atoms with E-state index in [0.717, 1.165) is 16.8 Å². The van der Waals surface area contributed by atoms with Gasteiger partial charge >= 0.3 is 5.97 Å². The number of ketones is 1. The Morgan fingerprint density at radius 3 is 2.53 bits per heavy atom. The van der Waals surface area contributed by atoms with Crippen LogP contribution in [0.5, 0.6) is 0 Å². The predicted molar refractivity (Wildman–Crippen MR) is 73.3 cm³/mol. The SMILES string of the molecule is COC(=O)C1CN(c2c(C)cccc2C)CCC1=O. The van der Waals surface area contributed by atoms with Gasteiger partial charge in [-0.25, -0.2) is 0 Å². The molecule has 1 aromatic rings.